The molecule has 0 bridgehead atoms. The highest BCUT2D eigenvalue weighted by atomic mass is 35.5. The Bertz CT molecular complexity index is 105. The summed E-state index contributed by atoms with van der Waals surface area (Å²) in [5.41, 5.74) is 0. The van der Waals surface area contributed by atoms with E-state index in [2.05, 4.69) is 0 Å². The standard InChI is InChI=1S/C4H6ClNS2/c1-7-4(5,3-6)8-2/h1-2H3. The van der Waals surface area contributed by atoms with Gasteiger partial charge in [0.05, 0.1) is 0 Å². The predicted molar refractivity (Wildman–Crippen MR) is 41.2 cm³/mol. The van der Waals surface area contributed by atoms with Gasteiger partial charge in [-0.15, -0.1) is 23.5 Å². The van der Waals surface area contributed by atoms with E-state index >= 15 is 0 Å². The van der Waals surface area contributed by atoms with E-state index < -0.39 is 3.54 Å². The number of halogens is 1. The van der Waals surface area contributed by atoms with Gasteiger partial charge >= 0.3 is 0 Å². The van der Waals surface area contributed by atoms with Crippen molar-refractivity contribution >= 4 is 35.1 Å². The largest absolute Gasteiger partial charge is 0.221 e. The van der Waals surface area contributed by atoms with Gasteiger partial charge in [-0.05, 0) is 12.5 Å². The predicted octanol–water partition coefficient (Wildman–Crippen LogP) is 2.13. The molecule has 0 unspecified atom stereocenters. The normalized spacial score (nSPS) is 10.8. The van der Waals surface area contributed by atoms with E-state index in [-0.39, 0.29) is 0 Å². The van der Waals surface area contributed by atoms with Gasteiger partial charge in [0.15, 0.2) is 0 Å². The van der Waals surface area contributed by atoms with Gasteiger partial charge in [0.2, 0.25) is 3.54 Å². The molecule has 0 aliphatic rings. The van der Waals surface area contributed by atoms with Gasteiger partial charge in [-0.1, -0.05) is 11.6 Å². The van der Waals surface area contributed by atoms with Crippen molar-refractivity contribution in [1.82, 2.24) is 0 Å². The molecule has 4 heteroatoms. The zero-order valence-corrected chi connectivity index (χ0v) is 7.03. The van der Waals surface area contributed by atoms with Crippen molar-refractivity contribution in [3.8, 4) is 6.07 Å². The molecule has 0 saturated heterocycles. The average Bonchev–Trinajstić information content (AvgIpc) is 1.87. The minimum absolute atomic E-state index is 0.764. The molecule has 0 rings (SSSR count). The van der Waals surface area contributed by atoms with E-state index in [0.717, 1.165) is 0 Å². The van der Waals surface area contributed by atoms with Crippen molar-refractivity contribution in [2.45, 2.75) is 3.54 Å². The van der Waals surface area contributed by atoms with E-state index in [0.29, 0.717) is 0 Å². The number of hydrogen-bond donors (Lipinski definition) is 0. The van der Waals surface area contributed by atoms with Crippen LogP contribution in [0.4, 0.5) is 0 Å². The van der Waals surface area contributed by atoms with Crippen LogP contribution in [0.5, 0.6) is 0 Å². The van der Waals surface area contributed by atoms with Crippen LogP contribution in [0.3, 0.4) is 0 Å². The zero-order valence-electron chi connectivity index (χ0n) is 4.64. The Hall–Kier alpha value is 0.480. The first-order valence-electron chi connectivity index (χ1n) is 1.89. The number of thioether (sulfide) groups is 2. The molecule has 0 aliphatic heterocycles. The topological polar surface area (TPSA) is 23.8 Å². The average molecular weight is 168 g/mol. The maximum absolute atomic E-state index is 8.36. The monoisotopic (exact) mass is 167 g/mol. The van der Waals surface area contributed by atoms with Crippen molar-refractivity contribution in [3.63, 3.8) is 0 Å². The van der Waals surface area contributed by atoms with Gasteiger partial charge in [0.25, 0.3) is 0 Å². The van der Waals surface area contributed by atoms with Crippen LogP contribution in [0, 0.1) is 11.3 Å². The fourth-order valence-electron chi connectivity index (χ4n) is 0.175. The van der Waals surface area contributed by atoms with E-state index in [4.69, 9.17) is 16.9 Å². The van der Waals surface area contributed by atoms with Crippen LogP contribution < -0.4 is 0 Å². The molecule has 0 amide bonds. The lowest BCUT2D eigenvalue weighted by Gasteiger charge is -2.10. The van der Waals surface area contributed by atoms with Gasteiger partial charge in [-0.25, -0.2) is 0 Å². The molecule has 0 atom stereocenters. The molecule has 1 nitrogen and oxygen atoms in total. The third kappa shape index (κ3) is 2.17. The summed E-state index contributed by atoms with van der Waals surface area (Å²) in [5, 5.41) is 8.36. The Labute approximate surface area is 62.8 Å². The number of nitriles is 1. The van der Waals surface area contributed by atoms with Crippen LogP contribution in [0.15, 0.2) is 0 Å². The number of hydrogen-bond acceptors (Lipinski definition) is 3. The van der Waals surface area contributed by atoms with Gasteiger partial charge in [-0.2, -0.15) is 5.26 Å². The fraction of sp³-hybridized carbons (Fsp3) is 0.750. The molecular formula is C4H6ClNS2. The summed E-state index contributed by atoms with van der Waals surface area (Å²) in [5.74, 6) is 0. The summed E-state index contributed by atoms with van der Waals surface area (Å²) in [6, 6.07) is 1.97. The van der Waals surface area contributed by atoms with Crippen molar-refractivity contribution in [2.24, 2.45) is 0 Å². The van der Waals surface area contributed by atoms with Crippen LogP contribution >= 0.6 is 35.1 Å². The lowest BCUT2D eigenvalue weighted by molar-refractivity contribution is 1.42. The minimum Gasteiger partial charge on any atom is -0.194 e. The van der Waals surface area contributed by atoms with E-state index in [1.165, 1.54) is 23.5 Å². The molecule has 0 aromatic heterocycles. The number of alkyl halides is 1. The highest BCUT2D eigenvalue weighted by Crippen LogP contribution is 2.36. The quantitative estimate of drug-likeness (QED) is 0.465. The molecule has 46 valence electrons. The summed E-state index contributed by atoms with van der Waals surface area (Å²) in [6.07, 6.45) is 3.62. The Balaban J connectivity index is 3.83. The molecule has 0 aromatic rings. The Morgan fingerprint density at radius 3 is 1.88 bits per heavy atom. The third-order valence-electron chi connectivity index (χ3n) is 0.659. The highest BCUT2D eigenvalue weighted by molar-refractivity contribution is 8.19. The van der Waals surface area contributed by atoms with E-state index in [1.807, 2.05) is 18.6 Å². The van der Waals surface area contributed by atoms with Gasteiger partial charge in [0.1, 0.15) is 6.07 Å². The minimum atomic E-state index is -0.764. The molecule has 0 heterocycles. The molecule has 0 saturated carbocycles. The highest BCUT2D eigenvalue weighted by Gasteiger charge is 2.22. The van der Waals surface area contributed by atoms with Crippen molar-refractivity contribution in [2.75, 3.05) is 12.5 Å². The van der Waals surface area contributed by atoms with E-state index in [1.54, 1.807) is 0 Å². The lowest BCUT2D eigenvalue weighted by atomic mass is 10.9. The van der Waals surface area contributed by atoms with Crippen molar-refractivity contribution < 1.29 is 0 Å². The first kappa shape index (κ1) is 8.48. The summed E-state index contributed by atoms with van der Waals surface area (Å²) >= 11 is 8.34. The molecule has 0 N–H and O–H groups in total. The molecule has 0 aliphatic carbocycles. The SMILES string of the molecule is CSC(Cl)(C#N)SC. The molecule has 0 fully saturated rings. The van der Waals surface area contributed by atoms with Crippen molar-refractivity contribution in [1.29, 1.82) is 5.26 Å². The third-order valence-corrected chi connectivity index (χ3v) is 3.90. The smallest absolute Gasteiger partial charge is 0.194 e. The maximum Gasteiger partial charge on any atom is 0.221 e. The second kappa shape index (κ2) is 3.49. The second-order valence-electron chi connectivity index (χ2n) is 1.06. The molecule has 0 spiro atoms. The molecule has 0 aromatic carbocycles. The Morgan fingerprint density at radius 2 is 1.88 bits per heavy atom. The second-order valence-corrected chi connectivity index (χ2v) is 4.37. The van der Waals surface area contributed by atoms with Crippen molar-refractivity contribution in [3.05, 3.63) is 0 Å². The maximum atomic E-state index is 8.36. The first-order valence-corrected chi connectivity index (χ1v) is 4.71. The van der Waals surface area contributed by atoms with Crippen LogP contribution in [-0.2, 0) is 0 Å². The zero-order chi connectivity index (χ0) is 6.62. The summed E-state index contributed by atoms with van der Waals surface area (Å²) in [6.45, 7) is 0. The summed E-state index contributed by atoms with van der Waals surface area (Å²) in [4.78, 5) is 0. The number of nitrogens with zero attached hydrogens (tertiary/aromatic N) is 1. The Kier molecular flexibility index (Phi) is 3.70. The number of rotatable bonds is 2. The van der Waals surface area contributed by atoms with E-state index in [9.17, 15) is 0 Å². The molecular weight excluding hydrogens is 162 g/mol. The molecule has 0 radical (unpaired) electrons. The van der Waals surface area contributed by atoms with Gasteiger partial charge < -0.3 is 0 Å². The van der Waals surface area contributed by atoms with Crippen LogP contribution in [0.1, 0.15) is 0 Å². The molecule has 8 heavy (non-hydrogen) atoms. The Morgan fingerprint density at radius 1 is 1.50 bits per heavy atom. The van der Waals surface area contributed by atoms with Gasteiger partial charge in [0, 0.05) is 0 Å². The van der Waals surface area contributed by atoms with Gasteiger partial charge in [-0.3, -0.25) is 0 Å². The summed E-state index contributed by atoms with van der Waals surface area (Å²) in [7, 11) is 0. The fourth-order valence-corrected chi connectivity index (χ4v) is 1.02. The van der Waals surface area contributed by atoms with Crippen LogP contribution in [0.25, 0.3) is 0 Å². The summed E-state index contributed by atoms with van der Waals surface area (Å²) < 4.78 is -0.764. The first-order chi connectivity index (χ1) is 3.68. The van der Waals surface area contributed by atoms with Crippen LogP contribution in [-0.4, -0.2) is 16.0 Å². The lowest BCUT2D eigenvalue weighted by Crippen LogP contribution is -2.04. The van der Waals surface area contributed by atoms with Crippen LogP contribution in [0.2, 0.25) is 0 Å².